The summed E-state index contributed by atoms with van der Waals surface area (Å²) in [6.07, 6.45) is -5.00. The Balaban J connectivity index is 2.14. The van der Waals surface area contributed by atoms with Crippen LogP contribution in [0.5, 0.6) is 17.2 Å². The number of hydrogen-bond donors (Lipinski definition) is 1. The van der Waals surface area contributed by atoms with E-state index in [0.29, 0.717) is 0 Å². The second-order valence-corrected chi connectivity index (χ2v) is 5.85. The average Bonchev–Trinajstić information content (AvgIpc) is 2.61. The van der Waals surface area contributed by atoms with Crippen LogP contribution in [-0.4, -0.2) is 17.7 Å². The first-order chi connectivity index (χ1) is 13.1. The number of benzene rings is 2. The molecule has 0 amide bonds. The molecule has 0 atom stereocenters. The summed E-state index contributed by atoms with van der Waals surface area (Å²) in [5, 5.41) is 8.45. The molecule has 0 aliphatic heterocycles. The molecular weight excluding hydrogens is 381 g/mol. The van der Waals surface area contributed by atoms with E-state index in [2.05, 4.69) is 0 Å². The SMILES string of the molecule is Cc1cccc(Oc2c(C(F)(F)F)oc3cc(OCC(=O)O)ccc3c2=O)c1. The van der Waals surface area contributed by atoms with Gasteiger partial charge in [0.1, 0.15) is 17.1 Å². The number of halogens is 3. The summed E-state index contributed by atoms with van der Waals surface area (Å²) in [4.78, 5) is 23.2. The molecule has 0 spiro atoms. The lowest BCUT2D eigenvalue weighted by Crippen LogP contribution is -2.15. The summed E-state index contributed by atoms with van der Waals surface area (Å²) < 4.78 is 55.5. The Morgan fingerprint density at radius 3 is 2.54 bits per heavy atom. The van der Waals surface area contributed by atoms with E-state index in [4.69, 9.17) is 19.0 Å². The molecule has 3 rings (SSSR count). The molecule has 2 aromatic carbocycles. The predicted molar refractivity (Wildman–Crippen MR) is 91.9 cm³/mol. The summed E-state index contributed by atoms with van der Waals surface area (Å²) in [6, 6.07) is 9.65. The third kappa shape index (κ3) is 4.08. The van der Waals surface area contributed by atoms with Crippen LogP contribution in [0.15, 0.2) is 51.7 Å². The van der Waals surface area contributed by atoms with Crippen LogP contribution < -0.4 is 14.9 Å². The van der Waals surface area contributed by atoms with Crippen molar-refractivity contribution in [1.29, 1.82) is 0 Å². The molecule has 0 aliphatic rings. The number of rotatable bonds is 5. The number of carboxylic acid groups (broad SMARTS) is 1. The first-order valence-corrected chi connectivity index (χ1v) is 7.92. The van der Waals surface area contributed by atoms with E-state index in [1.807, 2.05) is 0 Å². The minimum atomic E-state index is -5.00. The quantitative estimate of drug-likeness (QED) is 0.691. The highest BCUT2D eigenvalue weighted by molar-refractivity contribution is 5.80. The highest BCUT2D eigenvalue weighted by Gasteiger charge is 2.40. The Morgan fingerprint density at radius 1 is 1.14 bits per heavy atom. The van der Waals surface area contributed by atoms with Gasteiger partial charge in [-0.3, -0.25) is 4.79 Å². The molecule has 146 valence electrons. The first kappa shape index (κ1) is 19.3. The lowest BCUT2D eigenvalue weighted by atomic mass is 10.2. The molecule has 0 aliphatic carbocycles. The highest BCUT2D eigenvalue weighted by Crippen LogP contribution is 2.38. The van der Waals surface area contributed by atoms with Gasteiger partial charge in [-0.1, -0.05) is 12.1 Å². The standard InChI is InChI=1S/C19H13F3O6/c1-10-3-2-4-12(7-10)27-17-16(25)13-6-5-11(26-9-15(23)24)8-14(13)28-18(17)19(20,21)22/h2-8H,9H2,1H3,(H,23,24). The van der Waals surface area contributed by atoms with Crippen LogP contribution >= 0.6 is 0 Å². The van der Waals surface area contributed by atoms with Crippen LogP contribution in [0.1, 0.15) is 11.3 Å². The zero-order valence-electron chi connectivity index (χ0n) is 14.4. The Bertz CT molecular complexity index is 1100. The van der Waals surface area contributed by atoms with E-state index >= 15 is 0 Å². The lowest BCUT2D eigenvalue weighted by molar-refractivity contribution is -0.154. The normalized spacial score (nSPS) is 11.4. The van der Waals surface area contributed by atoms with Crippen LogP contribution in [0.4, 0.5) is 13.2 Å². The van der Waals surface area contributed by atoms with Gasteiger partial charge in [0, 0.05) is 6.07 Å². The zero-order chi connectivity index (χ0) is 20.5. The number of fused-ring (bicyclic) bond motifs is 1. The Hall–Kier alpha value is -3.49. The maximum Gasteiger partial charge on any atom is 0.453 e. The maximum absolute atomic E-state index is 13.5. The van der Waals surface area contributed by atoms with Crippen molar-refractivity contribution in [3.63, 3.8) is 0 Å². The van der Waals surface area contributed by atoms with Gasteiger partial charge in [0.15, 0.2) is 6.61 Å². The van der Waals surface area contributed by atoms with Gasteiger partial charge < -0.3 is 19.0 Å². The van der Waals surface area contributed by atoms with E-state index in [1.165, 1.54) is 24.3 Å². The molecule has 3 aromatic rings. The fourth-order valence-corrected chi connectivity index (χ4v) is 2.47. The van der Waals surface area contributed by atoms with Crippen molar-refractivity contribution in [2.75, 3.05) is 6.61 Å². The number of carbonyl (C=O) groups is 1. The summed E-state index contributed by atoms with van der Waals surface area (Å²) in [5.74, 6) is -3.84. The summed E-state index contributed by atoms with van der Waals surface area (Å²) in [6.45, 7) is 1.02. The van der Waals surface area contributed by atoms with Gasteiger partial charge in [-0.25, -0.2) is 4.79 Å². The van der Waals surface area contributed by atoms with E-state index in [-0.39, 0.29) is 16.9 Å². The van der Waals surface area contributed by atoms with E-state index in [9.17, 15) is 22.8 Å². The van der Waals surface area contributed by atoms with Gasteiger partial charge in [-0.2, -0.15) is 13.2 Å². The number of ether oxygens (including phenoxy) is 2. The zero-order valence-corrected chi connectivity index (χ0v) is 14.4. The van der Waals surface area contributed by atoms with Crippen molar-refractivity contribution in [1.82, 2.24) is 0 Å². The number of aryl methyl sites for hydroxylation is 1. The highest BCUT2D eigenvalue weighted by atomic mass is 19.4. The molecule has 1 aromatic heterocycles. The molecule has 0 bridgehead atoms. The van der Waals surface area contributed by atoms with Gasteiger partial charge in [0.05, 0.1) is 5.39 Å². The topological polar surface area (TPSA) is 86.0 Å². The van der Waals surface area contributed by atoms with Gasteiger partial charge in [-0.15, -0.1) is 0 Å². The molecule has 9 heteroatoms. The largest absolute Gasteiger partial charge is 0.482 e. The van der Waals surface area contributed by atoms with E-state index in [1.54, 1.807) is 19.1 Å². The minimum absolute atomic E-state index is 0.0542. The fraction of sp³-hybridized carbons (Fsp3) is 0.158. The van der Waals surface area contributed by atoms with Gasteiger partial charge in [0.2, 0.25) is 11.2 Å². The van der Waals surface area contributed by atoms with Crippen molar-refractivity contribution in [2.45, 2.75) is 13.1 Å². The van der Waals surface area contributed by atoms with Crippen molar-refractivity contribution in [3.8, 4) is 17.2 Å². The van der Waals surface area contributed by atoms with Crippen LogP contribution in [0.25, 0.3) is 11.0 Å². The van der Waals surface area contributed by atoms with Crippen LogP contribution in [0.3, 0.4) is 0 Å². The fourth-order valence-electron chi connectivity index (χ4n) is 2.47. The molecule has 0 fully saturated rings. The average molecular weight is 394 g/mol. The van der Waals surface area contributed by atoms with Crippen molar-refractivity contribution >= 4 is 16.9 Å². The smallest absolute Gasteiger partial charge is 0.453 e. The number of carboxylic acids is 1. The summed E-state index contributed by atoms with van der Waals surface area (Å²) in [5.41, 5.74) is -0.687. The summed E-state index contributed by atoms with van der Waals surface area (Å²) >= 11 is 0. The van der Waals surface area contributed by atoms with Crippen LogP contribution in [0.2, 0.25) is 0 Å². The first-order valence-electron chi connectivity index (χ1n) is 7.92. The van der Waals surface area contributed by atoms with E-state index < -0.39 is 41.3 Å². The van der Waals surface area contributed by atoms with Crippen LogP contribution in [-0.2, 0) is 11.0 Å². The van der Waals surface area contributed by atoms with Crippen LogP contribution in [0, 0.1) is 6.92 Å². The molecule has 0 saturated heterocycles. The second-order valence-electron chi connectivity index (χ2n) is 5.85. The predicted octanol–water partition coefficient (Wildman–Crippen LogP) is 4.38. The monoisotopic (exact) mass is 394 g/mol. The molecule has 0 unspecified atom stereocenters. The van der Waals surface area contributed by atoms with Crippen molar-refractivity contribution in [3.05, 3.63) is 64.0 Å². The lowest BCUT2D eigenvalue weighted by Gasteiger charge is -2.14. The molecule has 1 heterocycles. The minimum Gasteiger partial charge on any atom is -0.482 e. The molecule has 0 radical (unpaired) electrons. The van der Waals surface area contributed by atoms with Gasteiger partial charge in [0.25, 0.3) is 5.76 Å². The van der Waals surface area contributed by atoms with Crippen molar-refractivity contribution < 1.29 is 37.0 Å². The second kappa shape index (κ2) is 7.26. The number of alkyl halides is 3. The van der Waals surface area contributed by atoms with Gasteiger partial charge >= 0.3 is 12.1 Å². The van der Waals surface area contributed by atoms with Crippen molar-refractivity contribution in [2.24, 2.45) is 0 Å². The van der Waals surface area contributed by atoms with Gasteiger partial charge in [-0.05, 0) is 36.8 Å². The molecule has 0 saturated carbocycles. The molecule has 1 N–H and O–H groups in total. The Labute approximate surface area is 155 Å². The van der Waals surface area contributed by atoms with E-state index in [0.717, 1.165) is 11.6 Å². The molecule has 6 nitrogen and oxygen atoms in total. The molecule has 28 heavy (non-hydrogen) atoms. The Morgan fingerprint density at radius 2 is 1.89 bits per heavy atom. The number of hydrogen-bond acceptors (Lipinski definition) is 5. The third-order valence-electron chi connectivity index (χ3n) is 3.65. The molecular formula is C19H13F3O6. The summed E-state index contributed by atoms with van der Waals surface area (Å²) in [7, 11) is 0. The Kier molecular flexibility index (Phi) is 5.00. The maximum atomic E-state index is 13.5. The number of aliphatic carboxylic acids is 1. The third-order valence-corrected chi connectivity index (χ3v) is 3.65.